The Labute approximate surface area is 67.9 Å². The summed E-state index contributed by atoms with van der Waals surface area (Å²) < 4.78 is 4.88. The summed E-state index contributed by atoms with van der Waals surface area (Å²) in [5.74, 6) is 0.917. The van der Waals surface area contributed by atoms with E-state index >= 15 is 0 Å². The molecule has 1 aliphatic carbocycles. The molecule has 11 heavy (non-hydrogen) atoms. The van der Waals surface area contributed by atoms with Gasteiger partial charge in [-0.25, -0.2) is 0 Å². The predicted molar refractivity (Wildman–Crippen MR) is 43.1 cm³/mol. The van der Waals surface area contributed by atoms with Gasteiger partial charge in [-0.05, 0) is 12.8 Å². The Morgan fingerprint density at radius 3 is 2.73 bits per heavy atom. The SMILES string of the molecule is CC.O=C1OCC2CCCC12. The number of hydrogen-bond acceptors (Lipinski definition) is 2. The normalized spacial score (nSPS) is 33.8. The molecule has 0 spiro atoms. The molecule has 1 saturated heterocycles. The Morgan fingerprint density at radius 1 is 1.36 bits per heavy atom. The van der Waals surface area contributed by atoms with Gasteiger partial charge in [0.2, 0.25) is 0 Å². The van der Waals surface area contributed by atoms with Crippen molar-refractivity contribution >= 4 is 5.97 Å². The van der Waals surface area contributed by atoms with E-state index in [0.29, 0.717) is 12.5 Å². The van der Waals surface area contributed by atoms with Crippen LogP contribution in [0.3, 0.4) is 0 Å². The Hall–Kier alpha value is -0.530. The molecule has 0 aromatic heterocycles. The summed E-state index contributed by atoms with van der Waals surface area (Å²) in [6.45, 7) is 4.70. The summed E-state index contributed by atoms with van der Waals surface area (Å²) in [5, 5.41) is 0. The minimum absolute atomic E-state index is 0.0532. The average molecular weight is 156 g/mol. The van der Waals surface area contributed by atoms with Crippen LogP contribution in [-0.2, 0) is 9.53 Å². The zero-order chi connectivity index (χ0) is 8.27. The van der Waals surface area contributed by atoms with Crippen LogP contribution in [0.15, 0.2) is 0 Å². The molecule has 2 aliphatic rings. The molecule has 1 aliphatic heterocycles. The van der Waals surface area contributed by atoms with Crippen molar-refractivity contribution in [3.8, 4) is 0 Å². The van der Waals surface area contributed by atoms with Gasteiger partial charge in [-0.2, -0.15) is 0 Å². The lowest BCUT2D eigenvalue weighted by Crippen LogP contribution is -2.07. The van der Waals surface area contributed by atoms with E-state index in [9.17, 15) is 4.79 Å². The summed E-state index contributed by atoms with van der Waals surface area (Å²) in [6.07, 6.45) is 3.50. The van der Waals surface area contributed by atoms with E-state index in [1.807, 2.05) is 13.8 Å². The van der Waals surface area contributed by atoms with Crippen molar-refractivity contribution in [1.29, 1.82) is 0 Å². The lowest BCUT2D eigenvalue weighted by molar-refractivity contribution is -0.141. The highest BCUT2D eigenvalue weighted by Crippen LogP contribution is 2.36. The summed E-state index contributed by atoms with van der Waals surface area (Å²) in [6, 6.07) is 0. The molecule has 1 saturated carbocycles. The van der Waals surface area contributed by atoms with E-state index < -0.39 is 0 Å². The molecule has 2 unspecified atom stereocenters. The number of carbonyl (C=O) groups is 1. The molecule has 2 rings (SSSR count). The van der Waals surface area contributed by atoms with Crippen molar-refractivity contribution in [2.75, 3.05) is 6.61 Å². The molecule has 2 atom stereocenters. The maximum absolute atomic E-state index is 10.8. The Balaban J connectivity index is 0.000000281. The Bertz CT molecular complexity index is 142. The first-order chi connectivity index (χ1) is 5.38. The Morgan fingerprint density at radius 2 is 2.09 bits per heavy atom. The van der Waals surface area contributed by atoms with E-state index in [2.05, 4.69) is 0 Å². The summed E-state index contributed by atoms with van der Waals surface area (Å²) in [7, 11) is 0. The third-order valence-corrected chi connectivity index (χ3v) is 2.40. The molecule has 0 radical (unpaired) electrons. The maximum Gasteiger partial charge on any atom is 0.309 e. The monoisotopic (exact) mass is 156 g/mol. The lowest BCUT2D eigenvalue weighted by atomic mass is 10.0. The van der Waals surface area contributed by atoms with Gasteiger partial charge in [-0.1, -0.05) is 20.3 Å². The fraction of sp³-hybridized carbons (Fsp3) is 0.889. The van der Waals surface area contributed by atoms with E-state index in [1.54, 1.807) is 0 Å². The fourth-order valence-corrected chi connectivity index (χ4v) is 1.84. The summed E-state index contributed by atoms with van der Waals surface area (Å²) in [4.78, 5) is 10.8. The second-order valence-corrected chi connectivity index (χ2v) is 2.93. The smallest absolute Gasteiger partial charge is 0.309 e. The van der Waals surface area contributed by atoms with Gasteiger partial charge < -0.3 is 4.74 Å². The number of cyclic esters (lactones) is 1. The average Bonchev–Trinajstić information content (AvgIpc) is 2.60. The summed E-state index contributed by atoms with van der Waals surface area (Å²) in [5.41, 5.74) is 0. The quantitative estimate of drug-likeness (QED) is 0.501. The topological polar surface area (TPSA) is 26.3 Å². The van der Waals surface area contributed by atoms with Crippen LogP contribution in [0.4, 0.5) is 0 Å². The largest absolute Gasteiger partial charge is 0.465 e. The molecule has 0 bridgehead atoms. The van der Waals surface area contributed by atoms with Crippen LogP contribution < -0.4 is 0 Å². The van der Waals surface area contributed by atoms with Gasteiger partial charge in [-0.15, -0.1) is 0 Å². The first kappa shape index (κ1) is 8.57. The van der Waals surface area contributed by atoms with Gasteiger partial charge in [0.1, 0.15) is 0 Å². The first-order valence-corrected chi connectivity index (χ1v) is 4.54. The zero-order valence-electron chi connectivity index (χ0n) is 7.30. The standard InChI is InChI=1S/C7H10O2.C2H6/c8-7-6-3-1-2-5(6)4-9-7;1-2/h5-6H,1-4H2;1-2H3. The van der Waals surface area contributed by atoms with Crippen molar-refractivity contribution in [3.63, 3.8) is 0 Å². The number of carbonyl (C=O) groups excluding carboxylic acids is 1. The van der Waals surface area contributed by atoms with Crippen molar-refractivity contribution in [1.82, 2.24) is 0 Å². The van der Waals surface area contributed by atoms with Crippen molar-refractivity contribution < 1.29 is 9.53 Å². The van der Waals surface area contributed by atoms with E-state index in [0.717, 1.165) is 6.42 Å². The van der Waals surface area contributed by atoms with Gasteiger partial charge in [0, 0.05) is 5.92 Å². The number of ether oxygens (including phenoxy) is 1. The number of esters is 1. The maximum atomic E-state index is 10.8. The van der Waals surface area contributed by atoms with Crippen LogP contribution in [0.1, 0.15) is 33.1 Å². The van der Waals surface area contributed by atoms with Gasteiger partial charge >= 0.3 is 5.97 Å². The molecule has 64 valence electrons. The van der Waals surface area contributed by atoms with E-state index in [-0.39, 0.29) is 11.9 Å². The van der Waals surface area contributed by atoms with Crippen LogP contribution in [0, 0.1) is 11.8 Å². The highest BCUT2D eigenvalue weighted by Gasteiger charge is 2.39. The zero-order valence-corrected chi connectivity index (χ0v) is 7.30. The van der Waals surface area contributed by atoms with Crippen LogP contribution in [0.2, 0.25) is 0 Å². The van der Waals surface area contributed by atoms with Crippen molar-refractivity contribution in [2.45, 2.75) is 33.1 Å². The predicted octanol–water partition coefficient (Wildman–Crippen LogP) is 1.99. The molecule has 0 amide bonds. The molecule has 1 heterocycles. The molecule has 0 aromatic rings. The lowest BCUT2D eigenvalue weighted by Gasteiger charge is -1.97. The molecular weight excluding hydrogens is 140 g/mol. The minimum atomic E-state index is 0.0532. The third-order valence-electron chi connectivity index (χ3n) is 2.40. The molecule has 2 nitrogen and oxygen atoms in total. The fourth-order valence-electron chi connectivity index (χ4n) is 1.84. The van der Waals surface area contributed by atoms with Gasteiger partial charge in [-0.3, -0.25) is 4.79 Å². The molecular formula is C9H16O2. The molecule has 2 fully saturated rings. The van der Waals surface area contributed by atoms with Crippen LogP contribution in [0.5, 0.6) is 0 Å². The van der Waals surface area contributed by atoms with Crippen molar-refractivity contribution in [3.05, 3.63) is 0 Å². The highest BCUT2D eigenvalue weighted by atomic mass is 16.5. The Kier molecular flexibility index (Phi) is 2.92. The number of hydrogen-bond donors (Lipinski definition) is 0. The number of fused-ring (bicyclic) bond motifs is 1. The minimum Gasteiger partial charge on any atom is -0.465 e. The van der Waals surface area contributed by atoms with Crippen LogP contribution in [-0.4, -0.2) is 12.6 Å². The van der Waals surface area contributed by atoms with Crippen LogP contribution in [0.25, 0.3) is 0 Å². The van der Waals surface area contributed by atoms with E-state index in [4.69, 9.17) is 4.74 Å². The summed E-state index contributed by atoms with van der Waals surface area (Å²) >= 11 is 0. The first-order valence-electron chi connectivity index (χ1n) is 4.54. The third kappa shape index (κ3) is 1.55. The second-order valence-electron chi connectivity index (χ2n) is 2.93. The molecule has 0 N–H and O–H groups in total. The van der Waals surface area contributed by atoms with Gasteiger partial charge in [0.25, 0.3) is 0 Å². The van der Waals surface area contributed by atoms with Gasteiger partial charge in [0.15, 0.2) is 0 Å². The number of rotatable bonds is 0. The second kappa shape index (κ2) is 3.74. The van der Waals surface area contributed by atoms with Crippen LogP contribution >= 0.6 is 0 Å². The molecule has 0 aromatic carbocycles. The van der Waals surface area contributed by atoms with Gasteiger partial charge in [0.05, 0.1) is 12.5 Å². The highest BCUT2D eigenvalue weighted by molar-refractivity contribution is 5.75. The molecule has 2 heteroatoms. The van der Waals surface area contributed by atoms with Crippen molar-refractivity contribution in [2.24, 2.45) is 11.8 Å². The van der Waals surface area contributed by atoms with E-state index in [1.165, 1.54) is 12.8 Å².